The maximum atomic E-state index is 12.3. The standard InChI is InChI=1S/C9H11Br2F6NO/c1-2-7(3-10,4-11)18-6(19)5(8(12,13)14)9(15,16)17/h5H,2-4H2,1H3,(H,18,19). The van der Waals surface area contributed by atoms with Crippen molar-refractivity contribution in [1.29, 1.82) is 0 Å². The second kappa shape index (κ2) is 6.64. The molecular formula is C9H11Br2F6NO. The number of carbonyl (C=O) groups is 1. The van der Waals surface area contributed by atoms with Gasteiger partial charge in [-0.05, 0) is 6.42 Å². The smallest absolute Gasteiger partial charge is 0.348 e. The van der Waals surface area contributed by atoms with Crippen LogP contribution in [0.25, 0.3) is 0 Å². The molecule has 0 fully saturated rings. The van der Waals surface area contributed by atoms with Gasteiger partial charge in [0.25, 0.3) is 0 Å². The number of alkyl halides is 8. The molecule has 10 heteroatoms. The van der Waals surface area contributed by atoms with Crippen LogP contribution in [0.3, 0.4) is 0 Å². The highest BCUT2D eigenvalue weighted by Gasteiger charge is 2.61. The van der Waals surface area contributed by atoms with Crippen LogP contribution in [0.4, 0.5) is 26.3 Å². The largest absolute Gasteiger partial charge is 0.409 e. The average molecular weight is 423 g/mol. The Morgan fingerprint density at radius 2 is 1.42 bits per heavy atom. The van der Waals surface area contributed by atoms with E-state index in [0.29, 0.717) is 0 Å². The molecule has 0 radical (unpaired) electrons. The summed E-state index contributed by atoms with van der Waals surface area (Å²) < 4.78 is 74.1. The average Bonchev–Trinajstić information content (AvgIpc) is 2.22. The Labute approximate surface area is 122 Å². The first-order chi connectivity index (χ1) is 8.43. The first-order valence-corrected chi connectivity index (χ1v) is 7.25. The highest BCUT2D eigenvalue weighted by Crippen LogP contribution is 2.39. The lowest BCUT2D eigenvalue weighted by Gasteiger charge is -2.32. The van der Waals surface area contributed by atoms with Gasteiger partial charge in [-0.2, -0.15) is 26.3 Å². The summed E-state index contributed by atoms with van der Waals surface area (Å²) in [6.07, 6.45) is -11.2. The number of halogens is 8. The minimum atomic E-state index is -5.68. The molecule has 0 saturated carbocycles. The number of hydrogen-bond donors (Lipinski definition) is 1. The molecule has 0 heterocycles. The third kappa shape index (κ3) is 5.13. The van der Waals surface area contributed by atoms with Gasteiger partial charge in [-0.3, -0.25) is 4.79 Å². The van der Waals surface area contributed by atoms with E-state index >= 15 is 0 Å². The lowest BCUT2D eigenvalue weighted by atomic mass is 9.99. The summed E-state index contributed by atoms with van der Waals surface area (Å²) in [7, 11) is 0. The molecule has 19 heavy (non-hydrogen) atoms. The highest BCUT2D eigenvalue weighted by molar-refractivity contribution is 9.09. The van der Waals surface area contributed by atoms with Crippen molar-refractivity contribution in [3.8, 4) is 0 Å². The Hall–Kier alpha value is 0.01000. The van der Waals surface area contributed by atoms with E-state index in [1.165, 1.54) is 0 Å². The van der Waals surface area contributed by atoms with Crippen molar-refractivity contribution < 1.29 is 31.1 Å². The van der Waals surface area contributed by atoms with Crippen molar-refractivity contribution in [2.24, 2.45) is 5.92 Å². The molecule has 1 amide bonds. The molecule has 0 aliphatic rings. The van der Waals surface area contributed by atoms with Crippen LogP contribution >= 0.6 is 31.9 Å². The summed E-state index contributed by atoms with van der Waals surface area (Å²) >= 11 is 5.93. The van der Waals surface area contributed by atoms with E-state index in [-0.39, 0.29) is 17.1 Å². The second-order valence-electron chi connectivity index (χ2n) is 3.91. The van der Waals surface area contributed by atoms with Crippen LogP contribution in [-0.2, 0) is 4.79 Å². The molecule has 0 aromatic rings. The van der Waals surface area contributed by atoms with Crippen molar-refractivity contribution in [3.05, 3.63) is 0 Å². The molecule has 0 bridgehead atoms. The van der Waals surface area contributed by atoms with E-state index < -0.39 is 29.7 Å². The lowest BCUT2D eigenvalue weighted by Crippen LogP contribution is -2.57. The fourth-order valence-electron chi connectivity index (χ4n) is 1.20. The van der Waals surface area contributed by atoms with Gasteiger partial charge in [0.2, 0.25) is 11.8 Å². The zero-order valence-electron chi connectivity index (χ0n) is 9.63. The maximum Gasteiger partial charge on any atom is 0.409 e. The Balaban J connectivity index is 5.25. The summed E-state index contributed by atoms with van der Waals surface area (Å²) in [5.74, 6) is -6.12. The molecule has 0 rings (SSSR count). The van der Waals surface area contributed by atoms with Gasteiger partial charge in [0.1, 0.15) is 0 Å². The van der Waals surface area contributed by atoms with E-state index in [9.17, 15) is 31.1 Å². The van der Waals surface area contributed by atoms with Crippen molar-refractivity contribution in [3.63, 3.8) is 0 Å². The topological polar surface area (TPSA) is 29.1 Å². The molecule has 0 aliphatic carbocycles. The summed E-state index contributed by atoms with van der Waals surface area (Å²) in [5, 5.41) is 1.87. The van der Waals surface area contributed by atoms with Crippen molar-refractivity contribution in [2.45, 2.75) is 31.2 Å². The number of amides is 1. The predicted molar refractivity (Wildman–Crippen MR) is 64.4 cm³/mol. The van der Waals surface area contributed by atoms with Gasteiger partial charge in [0, 0.05) is 10.7 Å². The maximum absolute atomic E-state index is 12.3. The minimum Gasteiger partial charge on any atom is -0.348 e. The molecule has 1 N–H and O–H groups in total. The monoisotopic (exact) mass is 421 g/mol. The molecule has 0 spiro atoms. The summed E-state index contributed by atoms with van der Waals surface area (Å²) in [5.41, 5.74) is -1.20. The van der Waals surface area contributed by atoms with Crippen LogP contribution in [0.1, 0.15) is 13.3 Å². The summed E-state index contributed by atoms with van der Waals surface area (Å²) in [4.78, 5) is 11.3. The van der Waals surface area contributed by atoms with Gasteiger partial charge in [-0.25, -0.2) is 0 Å². The van der Waals surface area contributed by atoms with Gasteiger partial charge in [-0.1, -0.05) is 38.8 Å². The van der Waals surface area contributed by atoms with Crippen LogP contribution < -0.4 is 5.32 Å². The van der Waals surface area contributed by atoms with Crippen LogP contribution in [0.5, 0.6) is 0 Å². The third-order valence-electron chi connectivity index (χ3n) is 2.49. The number of rotatable bonds is 5. The van der Waals surface area contributed by atoms with Crippen LogP contribution in [-0.4, -0.2) is 34.5 Å². The zero-order valence-corrected chi connectivity index (χ0v) is 12.8. The van der Waals surface area contributed by atoms with E-state index in [1.807, 2.05) is 5.32 Å². The number of carbonyl (C=O) groups excluding carboxylic acids is 1. The van der Waals surface area contributed by atoms with Crippen molar-refractivity contribution >= 4 is 37.8 Å². The third-order valence-corrected chi connectivity index (χ3v) is 4.64. The van der Waals surface area contributed by atoms with Crippen LogP contribution in [0.2, 0.25) is 0 Å². The highest BCUT2D eigenvalue weighted by atomic mass is 79.9. The normalized spacial score (nSPS) is 13.8. The van der Waals surface area contributed by atoms with E-state index in [1.54, 1.807) is 6.92 Å². The molecule has 0 unspecified atom stereocenters. The minimum absolute atomic E-state index is 0.0237. The van der Waals surface area contributed by atoms with Crippen LogP contribution in [0.15, 0.2) is 0 Å². The van der Waals surface area contributed by atoms with E-state index in [4.69, 9.17) is 0 Å². The molecule has 0 aliphatic heterocycles. The number of hydrogen-bond acceptors (Lipinski definition) is 1. The van der Waals surface area contributed by atoms with Gasteiger partial charge in [0.15, 0.2) is 0 Å². The molecule has 0 aromatic heterocycles. The molecule has 0 atom stereocenters. The van der Waals surface area contributed by atoms with Gasteiger partial charge < -0.3 is 5.32 Å². The summed E-state index contributed by atoms with van der Waals surface area (Å²) in [6.45, 7) is 1.54. The number of nitrogens with one attached hydrogen (secondary N) is 1. The first kappa shape index (κ1) is 19.0. The van der Waals surface area contributed by atoms with Gasteiger partial charge in [-0.15, -0.1) is 0 Å². The lowest BCUT2D eigenvalue weighted by molar-refractivity contribution is -0.274. The summed E-state index contributed by atoms with van der Waals surface area (Å²) in [6, 6.07) is 0. The van der Waals surface area contributed by atoms with Crippen molar-refractivity contribution in [2.75, 3.05) is 10.7 Å². The molecule has 114 valence electrons. The Morgan fingerprint density at radius 1 is 1.05 bits per heavy atom. The first-order valence-electron chi connectivity index (χ1n) is 5.01. The fourth-order valence-corrected chi connectivity index (χ4v) is 3.20. The SMILES string of the molecule is CCC(CBr)(CBr)NC(=O)C(C(F)(F)F)C(F)(F)F. The Bertz CT molecular complexity index is 291. The predicted octanol–water partition coefficient (Wildman–Crippen LogP) is 3.78. The van der Waals surface area contributed by atoms with Gasteiger partial charge in [0.05, 0.1) is 5.54 Å². The Morgan fingerprint density at radius 3 is 1.63 bits per heavy atom. The molecule has 2 nitrogen and oxygen atoms in total. The zero-order chi connectivity index (χ0) is 15.5. The van der Waals surface area contributed by atoms with E-state index in [0.717, 1.165) is 0 Å². The fraction of sp³-hybridized carbons (Fsp3) is 0.889. The molecule has 0 saturated heterocycles. The van der Waals surface area contributed by atoms with Crippen LogP contribution in [0, 0.1) is 5.92 Å². The second-order valence-corrected chi connectivity index (χ2v) is 5.03. The molecule has 0 aromatic carbocycles. The van der Waals surface area contributed by atoms with Crippen molar-refractivity contribution in [1.82, 2.24) is 5.32 Å². The quantitative estimate of drug-likeness (QED) is 0.530. The van der Waals surface area contributed by atoms with Gasteiger partial charge >= 0.3 is 12.4 Å². The molecular weight excluding hydrogens is 412 g/mol. The van der Waals surface area contributed by atoms with E-state index in [2.05, 4.69) is 31.9 Å². The Kier molecular flexibility index (Phi) is 6.65.